The summed E-state index contributed by atoms with van der Waals surface area (Å²) in [5.41, 5.74) is 1.55. The summed E-state index contributed by atoms with van der Waals surface area (Å²) >= 11 is 7.59. The van der Waals surface area contributed by atoms with Crippen LogP contribution in [0.25, 0.3) is 0 Å². The molecule has 4 nitrogen and oxygen atoms in total. The molecule has 3 aromatic carbocycles. The van der Waals surface area contributed by atoms with Gasteiger partial charge >= 0.3 is 0 Å². The molecule has 0 saturated heterocycles. The van der Waals surface area contributed by atoms with Crippen molar-refractivity contribution in [3.63, 3.8) is 0 Å². The predicted molar refractivity (Wildman–Crippen MR) is 122 cm³/mol. The first-order chi connectivity index (χ1) is 14.5. The molecule has 3 rings (SSSR count). The van der Waals surface area contributed by atoms with Gasteiger partial charge in [-0.3, -0.25) is 4.79 Å². The zero-order valence-corrected chi connectivity index (χ0v) is 18.6. The molecule has 1 unspecified atom stereocenters. The molecule has 3 aromatic rings. The number of halogens is 1. The second-order valence-corrected chi connectivity index (χ2v) is 8.22. The van der Waals surface area contributed by atoms with Crippen LogP contribution in [0.4, 0.5) is 0 Å². The summed E-state index contributed by atoms with van der Waals surface area (Å²) in [6.07, 6.45) is 0.305. The fourth-order valence-electron chi connectivity index (χ4n) is 3.10. The van der Waals surface area contributed by atoms with Gasteiger partial charge in [0.05, 0.1) is 21.3 Å². The van der Waals surface area contributed by atoms with Gasteiger partial charge in [-0.15, -0.1) is 11.8 Å². The van der Waals surface area contributed by atoms with Gasteiger partial charge in [0.25, 0.3) is 0 Å². The van der Waals surface area contributed by atoms with Crippen molar-refractivity contribution in [2.24, 2.45) is 0 Å². The van der Waals surface area contributed by atoms with Crippen LogP contribution < -0.4 is 14.2 Å². The van der Waals surface area contributed by atoms with Crippen LogP contribution in [-0.2, 0) is 0 Å². The molecule has 0 aromatic heterocycles. The van der Waals surface area contributed by atoms with Crippen LogP contribution in [0.15, 0.2) is 71.6 Å². The lowest BCUT2D eigenvalue weighted by Crippen LogP contribution is -2.06. The summed E-state index contributed by atoms with van der Waals surface area (Å²) < 4.78 is 16.5. The monoisotopic (exact) mass is 442 g/mol. The Morgan fingerprint density at radius 1 is 0.900 bits per heavy atom. The molecule has 0 spiro atoms. The fraction of sp³-hybridized carbons (Fsp3) is 0.208. The average molecular weight is 443 g/mol. The first-order valence-corrected chi connectivity index (χ1v) is 10.6. The number of ketones is 1. The number of thioether (sulfide) groups is 1. The highest BCUT2D eigenvalue weighted by Crippen LogP contribution is 2.45. The van der Waals surface area contributed by atoms with Crippen molar-refractivity contribution in [1.82, 2.24) is 0 Å². The van der Waals surface area contributed by atoms with Crippen LogP contribution in [-0.4, -0.2) is 27.1 Å². The first-order valence-electron chi connectivity index (χ1n) is 9.36. The van der Waals surface area contributed by atoms with Gasteiger partial charge < -0.3 is 14.2 Å². The van der Waals surface area contributed by atoms with Crippen molar-refractivity contribution >= 4 is 29.1 Å². The molecule has 0 bridgehead atoms. The molecule has 156 valence electrons. The Bertz CT molecular complexity index is 965. The third kappa shape index (κ3) is 5.29. The number of methoxy groups -OCH3 is 3. The minimum absolute atomic E-state index is 0.0360. The van der Waals surface area contributed by atoms with E-state index in [1.54, 1.807) is 57.4 Å². The number of carbonyl (C=O) groups is 1. The molecular formula is C24H23ClO4S. The Labute approximate surface area is 186 Å². The average Bonchev–Trinajstić information content (AvgIpc) is 2.78. The normalized spacial score (nSPS) is 11.6. The number of carbonyl (C=O) groups excluding carboxylic acids is 1. The maximum Gasteiger partial charge on any atom is 0.203 e. The standard InChI is InChI=1S/C24H23ClO4S/c1-27-21-13-17(14-22(28-2)24(21)29-3)23(30-19-7-5-4-6-8-19)15-20(26)16-9-11-18(25)12-10-16/h4-14,23H,15H2,1-3H3. The van der Waals surface area contributed by atoms with E-state index >= 15 is 0 Å². The maximum atomic E-state index is 13.0. The summed E-state index contributed by atoms with van der Waals surface area (Å²) in [6.45, 7) is 0. The predicted octanol–water partition coefficient (Wildman–Crippen LogP) is 6.47. The Morgan fingerprint density at radius 3 is 2.03 bits per heavy atom. The van der Waals surface area contributed by atoms with Gasteiger partial charge in [-0.1, -0.05) is 29.8 Å². The zero-order valence-electron chi connectivity index (χ0n) is 17.1. The first kappa shape index (κ1) is 22.1. The number of hydrogen-bond acceptors (Lipinski definition) is 5. The number of benzene rings is 3. The molecule has 0 fully saturated rings. The minimum atomic E-state index is -0.149. The number of ether oxygens (including phenoxy) is 3. The van der Waals surface area contributed by atoms with E-state index < -0.39 is 0 Å². The van der Waals surface area contributed by atoms with Gasteiger partial charge in [0.15, 0.2) is 17.3 Å². The van der Waals surface area contributed by atoms with E-state index in [1.165, 1.54) is 0 Å². The molecular weight excluding hydrogens is 420 g/mol. The van der Waals surface area contributed by atoms with Crippen LogP contribution in [0.1, 0.15) is 27.6 Å². The van der Waals surface area contributed by atoms with Gasteiger partial charge in [-0.05, 0) is 54.1 Å². The van der Waals surface area contributed by atoms with Crippen LogP contribution in [0.2, 0.25) is 5.02 Å². The molecule has 0 aliphatic heterocycles. The lowest BCUT2D eigenvalue weighted by Gasteiger charge is -2.20. The van der Waals surface area contributed by atoms with E-state index in [0.29, 0.717) is 34.3 Å². The van der Waals surface area contributed by atoms with Gasteiger partial charge in [0.2, 0.25) is 5.75 Å². The van der Waals surface area contributed by atoms with Crippen molar-refractivity contribution in [2.45, 2.75) is 16.6 Å². The SMILES string of the molecule is COc1cc(C(CC(=O)c2ccc(Cl)cc2)Sc2ccccc2)cc(OC)c1OC. The van der Waals surface area contributed by atoms with Crippen LogP contribution in [0.5, 0.6) is 17.2 Å². The van der Waals surface area contributed by atoms with Crippen molar-refractivity contribution in [2.75, 3.05) is 21.3 Å². The largest absolute Gasteiger partial charge is 0.493 e. The Morgan fingerprint density at radius 2 is 1.50 bits per heavy atom. The Balaban J connectivity index is 1.98. The summed E-state index contributed by atoms with van der Waals surface area (Å²) in [5, 5.41) is 0.454. The smallest absolute Gasteiger partial charge is 0.203 e. The van der Waals surface area contributed by atoms with Crippen molar-refractivity contribution in [1.29, 1.82) is 0 Å². The van der Waals surface area contributed by atoms with E-state index in [4.69, 9.17) is 25.8 Å². The molecule has 0 radical (unpaired) electrons. The van der Waals surface area contributed by atoms with Gasteiger partial charge in [0, 0.05) is 27.2 Å². The fourth-order valence-corrected chi connectivity index (χ4v) is 4.38. The second-order valence-electron chi connectivity index (χ2n) is 6.51. The molecule has 0 heterocycles. The van der Waals surface area contributed by atoms with Crippen molar-refractivity contribution in [3.8, 4) is 17.2 Å². The second kappa shape index (κ2) is 10.4. The van der Waals surface area contributed by atoms with Gasteiger partial charge in [-0.25, -0.2) is 0 Å². The van der Waals surface area contributed by atoms with Crippen molar-refractivity contribution in [3.05, 3.63) is 82.9 Å². The summed E-state index contributed by atoms with van der Waals surface area (Å²) in [5.74, 6) is 1.68. The van der Waals surface area contributed by atoms with E-state index in [0.717, 1.165) is 10.5 Å². The molecule has 0 amide bonds. The van der Waals surface area contributed by atoms with E-state index in [1.807, 2.05) is 42.5 Å². The molecule has 30 heavy (non-hydrogen) atoms. The van der Waals surface area contributed by atoms with Crippen LogP contribution in [0.3, 0.4) is 0 Å². The third-order valence-corrected chi connectivity index (χ3v) is 6.14. The molecule has 0 saturated carbocycles. The topological polar surface area (TPSA) is 44.8 Å². The van der Waals surface area contributed by atoms with Crippen molar-refractivity contribution < 1.29 is 19.0 Å². The van der Waals surface area contributed by atoms with Crippen LogP contribution >= 0.6 is 23.4 Å². The molecule has 0 aliphatic rings. The summed E-state index contributed by atoms with van der Waals surface area (Å²) in [7, 11) is 4.73. The lowest BCUT2D eigenvalue weighted by atomic mass is 10.0. The Kier molecular flexibility index (Phi) is 7.66. The molecule has 1 atom stereocenters. The van der Waals surface area contributed by atoms with E-state index in [9.17, 15) is 4.79 Å². The highest BCUT2D eigenvalue weighted by atomic mass is 35.5. The van der Waals surface area contributed by atoms with E-state index in [2.05, 4.69) is 0 Å². The highest BCUT2D eigenvalue weighted by molar-refractivity contribution is 7.99. The number of hydrogen-bond donors (Lipinski definition) is 0. The summed E-state index contributed by atoms with van der Waals surface area (Å²) in [6, 6.07) is 20.8. The zero-order chi connectivity index (χ0) is 21.5. The number of Topliss-reactive ketones (excluding diaryl/α,β-unsaturated/α-hetero) is 1. The van der Waals surface area contributed by atoms with Gasteiger partial charge in [-0.2, -0.15) is 0 Å². The molecule has 0 aliphatic carbocycles. The summed E-state index contributed by atoms with van der Waals surface area (Å²) in [4.78, 5) is 14.1. The van der Waals surface area contributed by atoms with Gasteiger partial charge in [0.1, 0.15) is 0 Å². The molecule has 6 heteroatoms. The quantitative estimate of drug-likeness (QED) is 0.280. The third-order valence-electron chi connectivity index (χ3n) is 4.62. The molecule has 0 N–H and O–H groups in total. The van der Waals surface area contributed by atoms with Crippen LogP contribution in [0, 0.1) is 0 Å². The number of rotatable bonds is 9. The highest BCUT2D eigenvalue weighted by Gasteiger charge is 2.23. The Hall–Kier alpha value is -2.63. The van der Waals surface area contributed by atoms with E-state index in [-0.39, 0.29) is 11.0 Å². The lowest BCUT2D eigenvalue weighted by molar-refractivity contribution is 0.0982. The maximum absolute atomic E-state index is 13.0. The minimum Gasteiger partial charge on any atom is -0.493 e.